The Morgan fingerprint density at radius 2 is 1.30 bits per heavy atom. The van der Waals surface area contributed by atoms with Crippen LogP contribution in [0.3, 0.4) is 0 Å². The molecule has 5 aromatic carbocycles. The molecule has 3 nitrogen and oxygen atoms in total. The van der Waals surface area contributed by atoms with E-state index in [9.17, 15) is 9.59 Å². The fourth-order valence-corrected chi connectivity index (χ4v) is 6.66. The van der Waals surface area contributed by atoms with Crippen molar-refractivity contribution in [2.24, 2.45) is 5.92 Å². The van der Waals surface area contributed by atoms with E-state index in [0.29, 0.717) is 17.7 Å². The van der Waals surface area contributed by atoms with Gasteiger partial charge in [-0.3, -0.25) is 9.59 Å². The lowest BCUT2D eigenvalue weighted by Crippen LogP contribution is -2.40. The molecule has 2 aliphatic rings. The van der Waals surface area contributed by atoms with Crippen LogP contribution in [0.2, 0.25) is 0 Å². The van der Waals surface area contributed by atoms with E-state index < -0.39 is 5.92 Å². The molecular weight excluding hydrogens is 492 g/mol. The second-order valence-corrected chi connectivity index (χ2v) is 10.7. The number of cyclic esters (lactones) is 1. The number of carbonyl (C=O) groups is 2. The van der Waals surface area contributed by atoms with E-state index in [1.54, 1.807) is 0 Å². The molecule has 0 radical (unpaired) electrons. The highest BCUT2D eigenvalue weighted by Crippen LogP contribution is 2.56. The zero-order chi connectivity index (χ0) is 27.1. The van der Waals surface area contributed by atoms with Gasteiger partial charge in [-0.15, -0.1) is 0 Å². The number of esters is 1. The van der Waals surface area contributed by atoms with Gasteiger partial charge in [0.15, 0.2) is 5.78 Å². The largest absolute Gasteiger partial charge is 0.426 e. The maximum absolute atomic E-state index is 14.0. The van der Waals surface area contributed by atoms with Crippen LogP contribution in [0.15, 0.2) is 133 Å². The lowest BCUT2D eigenvalue weighted by molar-refractivity contribution is -0.144. The van der Waals surface area contributed by atoms with Crippen LogP contribution in [0.4, 0.5) is 0 Å². The number of allylic oxidation sites excluding steroid dienone is 1. The number of ether oxygens (including phenoxy) is 1. The van der Waals surface area contributed by atoms with Crippen molar-refractivity contribution in [2.75, 3.05) is 0 Å². The van der Waals surface area contributed by atoms with Crippen molar-refractivity contribution in [3.63, 3.8) is 0 Å². The predicted octanol–water partition coefficient (Wildman–Crippen LogP) is 8.29. The molecule has 40 heavy (non-hydrogen) atoms. The number of benzene rings is 5. The first-order chi connectivity index (χ1) is 19.7. The van der Waals surface area contributed by atoms with Crippen LogP contribution in [0, 0.1) is 5.92 Å². The maximum Gasteiger partial charge on any atom is 0.315 e. The van der Waals surface area contributed by atoms with Crippen LogP contribution >= 0.6 is 0 Å². The number of Topliss-reactive ketones (excluding diaryl/α,β-unsaturated/α-hetero) is 1. The van der Waals surface area contributed by atoms with E-state index in [4.69, 9.17) is 4.74 Å². The molecule has 1 aliphatic heterocycles. The Morgan fingerprint density at radius 3 is 2.08 bits per heavy atom. The average Bonchev–Trinajstić information content (AvgIpc) is 3.02. The van der Waals surface area contributed by atoms with Gasteiger partial charge in [0, 0.05) is 29.4 Å². The molecule has 0 spiro atoms. The molecule has 0 N–H and O–H groups in total. The lowest BCUT2D eigenvalue weighted by Gasteiger charge is -2.44. The van der Waals surface area contributed by atoms with Crippen molar-refractivity contribution in [2.45, 2.75) is 24.2 Å². The maximum atomic E-state index is 14.0. The van der Waals surface area contributed by atoms with E-state index in [2.05, 4.69) is 48.5 Å². The van der Waals surface area contributed by atoms with E-state index in [1.165, 1.54) is 0 Å². The summed E-state index contributed by atoms with van der Waals surface area (Å²) in [6.07, 6.45) is 2.42. The Kier molecular flexibility index (Phi) is 6.13. The molecule has 0 saturated carbocycles. The number of carbonyl (C=O) groups excluding carboxylic acids is 2. The van der Waals surface area contributed by atoms with Crippen LogP contribution in [0.1, 0.15) is 56.8 Å². The molecule has 0 saturated heterocycles. The van der Waals surface area contributed by atoms with Gasteiger partial charge in [-0.1, -0.05) is 127 Å². The van der Waals surface area contributed by atoms with Gasteiger partial charge in [0.25, 0.3) is 0 Å². The van der Waals surface area contributed by atoms with Crippen LogP contribution in [-0.2, 0) is 9.53 Å². The van der Waals surface area contributed by atoms with Gasteiger partial charge in [-0.2, -0.15) is 0 Å². The topological polar surface area (TPSA) is 43.4 Å². The first-order valence-corrected chi connectivity index (χ1v) is 13.8. The molecular formula is C37H28O3. The number of hydrogen-bond acceptors (Lipinski definition) is 3. The highest BCUT2D eigenvalue weighted by atomic mass is 16.5. The van der Waals surface area contributed by atoms with Gasteiger partial charge < -0.3 is 4.74 Å². The van der Waals surface area contributed by atoms with Crippen molar-refractivity contribution in [3.8, 4) is 0 Å². The minimum absolute atomic E-state index is 0.0781. The van der Waals surface area contributed by atoms with Gasteiger partial charge in [-0.05, 0) is 39.5 Å². The SMILES string of the molecule is O=C(C[C@@H]1c2ccccc2[C@H]2C=C(c3ccccc3)OC(=O)[C@H]2[C@@H]1c1ccc2ccccc2c1)c1ccccc1. The summed E-state index contributed by atoms with van der Waals surface area (Å²) in [4.78, 5) is 27.7. The van der Waals surface area contributed by atoms with Crippen LogP contribution < -0.4 is 0 Å². The summed E-state index contributed by atoms with van der Waals surface area (Å²) >= 11 is 0. The van der Waals surface area contributed by atoms with Gasteiger partial charge in [0.1, 0.15) is 5.76 Å². The third-order valence-corrected chi connectivity index (χ3v) is 8.49. The molecule has 0 aromatic heterocycles. The summed E-state index contributed by atoms with van der Waals surface area (Å²) in [5, 5.41) is 2.27. The van der Waals surface area contributed by atoms with Gasteiger partial charge in [0.05, 0.1) is 5.92 Å². The molecule has 194 valence electrons. The van der Waals surface area contributed by atoms with Gasteiger partial charge in [-0.25, -0.2) is 0 Å². The first kappa shape index (κ1) is 24.3. The number of fused-ring (bicyclic) bond motifs is 4. The zero-order valence-electron chi connectivity index (χ0n) is 21.9. The summed E-state index contributed by atoms with van der Waals surface area (Å²) in [6, 6.07) is 42.3. The summed E-state index contributed by atoms with van der Waals surface area (Å²) in [6.45, 7) is 0. The average molecular weight is 521 g/mol. The molecule has 0 fully saturated rings. The Balaban J connectivity index is 1.41. The van der Waals surface area contributed by atoms with Crippen LogP contribution in [0.5, 0.6) is 0 Å². The van der Waals surface area contributed by atoms with E-state index in [0.717, 1.165) is 33.0 Å². The van der Waals surface area contributed by atoms with E-state index in [-0.39, 0.29) is 29.5 Å². The summed E-state index contributed by atoms with van der Waals surface area (Å²) in [7, 11) is 0. The highest BCUT2D eigenvalue weighted by Gasteiger charge is 2.49. The van der Waals surface area contributed by atoms with Crippen molar-refractivity contribution < 1.29 is 14.3 Å². The Morgan fingerprint density at radius 1 is 0.650 bits per heavy atom. The minimum Gasteiger partial charge on any atom is -0.426 e. The van der Waals surface area contributed by atoms with Crippen LogP contribution in [0.25, 0.3) is 16.5 Å². The second kappa shape index (κ2) is 10.1. The molecule has 1 aliphatic carbocycles. The Hall–Kier alpha value is -4.76. The molecule has 3 heteroatoms. The minimum atomic E-state index is -0.447. The fourth-order valence-electron chi connectivity index (χ4n) is 6.66. The molecule has 0 unspecified atom stereocenters. The molecule has 5 aromatic rings. The molecule has 1 heterocycles. The second-order valence-electron chi connectivity index (χ2n) is 10.7. The summed E-state index contributed by atoms with van der Waals surface area (Å²) < 4.78 is 6.07. The van der Waals surface area contributed by atoms with Gasteiger partial charge in [0.2, 0.25) is 0 Å². The third kappa shape index (κ3) is 4.24. The Bertz CT molecular complexity index is 1750. The van der Waals surface area contributed by atoms with Crippen molar-refractivity contribution in [1.82, 2.24) is 0 Å². The smallest absolute Gasteiger partial charge is 0.315 e. The summed E-state index contributed by atoms with van der Waals surface area (Å²) in [5.41, 5.74) is 4.86. The number of hydrogen-bond donors (Lipinski definition) is 0. The third-order valence-electron chi connectivity index (χ3n) is 8.49. The molecule has 0 bridgehead atoms. The van der Waals surface area contributed by atoms with Crippen LogP contribution in [-0.4, -0.2) is 11.8 Å². The fraction of sp³-hybridized carbons (Fsp3) is 0.135. The molecule has 4 atom stereocenters. The first-order valence-electron chi connectivity index (χ1n) is 13.8. The van der Waals surface area contributed by atoms with Crippen molar-refractivity contribution in [1.29, 1.82) is 0 Å². The van der Waals surface area contributed by atoms with Crippen molar-refractivity contribution in [3.05, 3.63) is 161 Å². The lowest BCUT2D eigenvalue weighted by atomic mass is 9.59. The van der Waals surface area contributed by atoms with E-state index >= 15 is 0 Å². The highest BCUT2D eigenvalue weighted by molar-refractivity contribution is 5.97. The normalized spacial score (nSPS) is 21.6. The van der Waals surface area contributed by atoms with Gasteiger partial charge >= 0.3 is 5.97 Å². The standard InChI is InChI=1S/C37H28O3/c38-33(25-12-3-1-4-13-25)22-31-29-17-9-10-18-30(29)32-23-34(26-14-5-2-6-15-26)40-37(39)36(32)35(31)28-20-19-24-11-7-8-16-27(24)21-28/h1-21,23,31-32,35-36H,22H2/t31-,32-,35-,36-/m1/s1. The monoisotopic (exact) mass is 520 g/mol. The quantitative estimate of drug-likeness (QED) is 0.173. The van der Waals surface area contributed by atoms with E-state index in [1.807, 2.05) is 84.9 Å². The van der Waals surface area contributed by atoms with Crippen molar-refractivity contribution >= 4 is 28.3 Å². The molecule has 0 amide bonds. The number of rotatable bonds is 5. The Labute approximate surface area is 233 Å². The molecule has 7 rings (SSSR count). The zero-order valence-corrected chi connectivity index (χ0v) is 21.9. The number of ketones is 1. The predicted molar refractivity (Wildman–Crippen MR) is 158 cm³/mol. The summed E-state index contributed by atoms with van der Waals surface area (Å²) in [5.74, 6) is -0.573.